The summed E-state index contributed by atoms with van der Waals surface area (Å²) in [5.74, 6) is -4.08. The number of carboxylic acids is 1. The third kappa shape index (κ3) is 11.2. The van der Waals surface area contributed by atoms with Crippen molar-refractivity contribution in [2.75, 3.05) is 0 Å². The Hall–Kier alpha value is -2.44. The number of fused-ring (bicyclic) bond motifs is 1. The number of ether oxygens (including phenoxy) is 2. The molecule has 1 heterocycles. The smallest absolute Gasteiger partial charge is 0.349 e. The van der Waals surface area contributed by atoms with Crippen molar-refractivity contribution in [2.24, 2.45) is 0 Å². The van der Waals surface area contributed by atoms with Crippen LogP contribution in [0.15, 0.2) is 24.3 Å². The van der Waals surface area contributed by atoms with Gasteiger partial charge in [0.25, 0.3) is 0 Å². The van der Waals surface area contributed by atoms with Crippen LogP contribution in [0.5, 0.6) is 23.0 Å². The van der Waals surface area contributed by atoms with Crippen LogP contribution in [-0.4, -0.2) is 48.1 Å². The van der Waals surface area contributed by atoms with Gasteiger partial charge in [0.2, 0.25) is 15.0 Å². The summed E-state index contributed by atoms with van der Waals surface area (Å²) in [6.45, 7) is 6.28. The Morgan fingerprint density at radius 2 is 1.34 bits per heavy atom. The minimum Gasteiger partial charge on any atom is -0.507 e. The third-order valence-corrected chi connectivity index (χ3v) is 3.92. The highest BCUT2D eigenvalue weighted by Crippen LogP contribution is 2.40. The predicted molar refractivity (Wildman–Crippen MR) is 131 cm³/mol. The molecular weight excluding hydrogens is 574 g/mol. The average molecular weight is 594 g/mol. The molecule has 2 aromatic rings. The van der Waals surface area contributed by atoms with E-state index in [4.69, 9.17) is 52.2 Å². The van der Waals surface area contributed by atoms with E-state index in [-0.39, 0.29) is 32.9 Å². The molecule has 0 saturated carbocycles. The van der Waals surface area contributed by atoms with E-state index in [1.165, 1.54) is 32.0 Å². The number of hydrogen-bond donors (Lipinski definition) is 4. The molecule has 0 saturated heterocycles. The highest BCUT2D eigenvalue weighted by atomic mass is 36.0. The summed E-state index contributed by atoms with van der Waals surface area (Å²) in [5, 5.41) is 36.1. The van der Waals surface area contributed by atoms with Crippen LogP contribution < -0.4 is 4.74 Å². The number of phenolic OH excluding ortho intramolecular Hbond substituents is 1. The number of halogens is 4. The van der Waals surface area contributed by atoms with Crippen molar-refractivity contribution in [3.05, 3.63) is 45.4 Å². The Labute approximate surface area is 221 Å². The molecule has 4 N–H and O–H groups in total. The third-order valence-electron chi connectivity index (χ3n) is 3.31. The first-order valence-corrected chi connectivity index (χ1v) is 12.6. The number of carboxylic acid groups (broad SMARTS) is 1. The summed E-state index contributed by atoms with van der Waals surface area (Å²) in [7, 11) is 7.36. The second-order valence-electron chi connectivity index (χ2n) is 6.85. The van der Waals surface area contributed by atoms with E-state index >= 15 is 0 Å². The molecule has 1 aliphatic heterocycles. The van der Waals surface area contributed by atoms with Crippen molar-refractivity contribution < 1.29 is 48.5 Å². The number of aromatic hydroxyl groups is 3. The van der Waals surface area contributed by atoms with E-state index in [1.807, 2.05) is 0 Å². The van der Waals surface area contributed by atoms with Gasteiger partial charge in [-0.3, -0.25) is 0 Å². The highest BCUT2D eigenvalue weighted by Gasteiger charge is 2.36. The molecule has 2 aromatic carbocycles. The molecule has 3 rings (SSSR count). The number of hydrogen-bond acceptors (Lipinski definition) is 9. The quantitative estimate of drug-likeness (QED) is 0.247. The number of cyclic esters (lactones) is 1. The molecule has 15 heteroatoms. The molecule has 0 spiro atoms. The van der Waals surface area contributed by atoms with Crippen LogP contribution in [0.25, 0.3) is 0 Å². The minimum absolute atomic E-state index is 0.0261. The fourth-order valence-electron chi connectivity index (χ4n) is 2.16. The molecule has 1 aliphatic rings. The number of benzene rings is 2. The number of esters is 1. The molecule has 194 valence electrons. The molecule has 35 heavy (non-hydrogen) atoms. The lowest BCUT2D eigenvalue weighted by atomic mass is 10.1. The second-order valence-corrected chi connectivity index (χ2v) is 10.2. The summed E-state index contributed by atoms with van der Waals surface area (Å²) in [4.78, 5) is 31.4. The van der Waals surface area contributed by atoms with Crippen LogP contribution in [0.2, 0.25) is 10.0 Å². The van der Waals surface area contributed by atoms with Crippen molar-refractivity contribution in [3.8, 4) is 23.0 Å². The fourth-order valence-corrected chi connectivity index (χ4v) is 2.47. The molecule has 0 bridgehead atoms. The van der Waals surface area contributed by atoms with Gasteiger partial charge < -0.3 is 34.7 Å². The van der Waals surface area contributed by atoms with Crippen LogP contribution in [0, 0.1) is 0 Å². The zero-order valence-electron chi connectivity index (χ0n) is 18.5. The van der Waals surface area contributed by atoms with Crippen molar-refractivity contribution in [1.29, 1.82) is 0 Å². The van der Waals surface area contributed by atoms with E-state index in [1.54, 1.807) is 13.8 Å². The SMILES string of the molecule is CC(C)=O.CC1(C)OC(=O)c2c(ccc(Cl)c2O)O1.O=C(O)c1c(O)ccc(Cl)c1O.O=S(Cl)Cl. The maximum atomic E-state index is 11.6. The fraction of sp³-hybridized carbons (Fsp3) is 0.250. The van der Waals surface area contributed by atoms with Crippen LogP contribution in [0.4, 0.5) is 0 Å². The number of carbonyl (C=O) groups excluding carboxylic acids is 2. The van der Waals surface area contributed by atoms with E-state index < -0.39 is 44.0 Å². The van der Waals surface area contributed by atoms with Crippen LogP contribution in [0.1, 0.15) is 48.4 Å². The lowest BCUT2D eigenvalue weighted by Crippen LogP contribution is -2.38. The maximum absolute atomic E-state index is 11.6. The summed E-state index contributed by atoms with van der Waals surface area (Å²) in [6.07, 6.45) is 0. The maximum Gasteiger partial charge on any atom is 0.349 e. The van der Waals surface area contributed by atoms with Crippen LogP contribution in [0.3, 0.4) is 0 Å². The molecule has 0 radical (unpaired) electrons. The minimum atomic E-state index is -1.67. The Morgan fingerprint density at radius 1 is 0.914 bits per heavy atom. The van der Waals surface area contributed by atoms with Gasteiger partial charge in [0.15, 0.2) is 11.5 Å². The van der Waals surface area contributed by atoms with Gasteiger partial charge in [-0.15, -0.1) is 0 Å². The van der Waals surface area contributed by atoms with E-state index in [0.717, 1.165) is 6.07 Å². The molecule has 0 aromatic heterocycles. The topological polar surface area (TPSA) is 168 Å². The number of phenols is 3. The Balaban J connectivity index is 0.000000515. The summed E-state index contributed by atoms with van der Waals surface area (Å²) >= 11 is 11.1. The average Bonchev–Trinajstić information content (AvgIpc) is 2.66. The van der Waals surface area contributed by atoms with Crippen LogP contribution in [-0.2, 0) is 18.8 Å². The Bertz CT molecular complexity index is 1100. The molecule has 0 fully saturated rings. The molecule has 0 atom stereocenters. The lowest BCUT2D eigenvalue weighted by molar-refractivity contribution is -0.127. The molecule has 0 aliphatic carbocycles. The largest absolute Gasteiger partial charge is 0.507 e. The summed E-state index contributed by atoms with van der Waals surface area (Å²) in [5.41, 5.74) is -0.607. The van der Waals surface area contributed by atoms with Crippen LogP contribution >= 0.6 is 44.6 Å². The normalized spacial score (nSPS) is 12.7. The van der Waals surface area contributed by atoms with E-state index in [9.17, 15) is 19.5 Å². The Kier molecular flexibility index (Phi) is 13.2. The lowest BCUT2D eigenvalue weighted by Gasteiger charge is -2.31. The summed E-state index contributed by atoms with van der Waals surface area (Å²) < 4.78 is 19.4. The van der Waals surface area contributed by atoms with Crippen molar-refractivity contribution in [3.63, 3.8) is 0 Å². The first-order chi connectivity index (χ1) is 15.9. The highest BCUT2D eigenvalue weighted by molar-refractivity contribution is 8.26. The predicted octanol–water partition coefficient (Wildman–Crippen LogP) is 5.42. The van der Waals surface area contributed by atoms with Crippen molar-refractivity contribution in [1.82, 2.24) is 0 Å². The van der Waals surface area contributed by atoms with Gasteiger partial charge in [0, 0.05) is 35.2 Å². The second kappa shape index (κ2) is 14.2. The van der Waals surface area contributed by atoms with Gasteiger partial charge in [-0.2, -0.15) is 0 Å². The van der Waals surface area contributed by atoms with E-state index in [0.29, 0.717) is 0 Å². The monoisotopic (exact) mass is 592 g/mol. The number of ketones is 1. The van der Waals surface area contributed by atoms with Gasteiger partial charge in [0.1, 0.15) is 28.4 Å². The molecule has 0 amide bonds. The van der Waals surface area contributed by atoms with Gasteiger partial charge >= 0.3 is 11.9 Å². The first-order valence-electron chi connectivity index (χ1n) is 9.00. The van der Waals surface area contributed by atoms with Crippen molar-refractivity contribution in [2.45, 2.75) is 33.5 Å². The summed E-state index contributed by atoms with van der Waals surface area (Å²) in [6, 6.07) is 5.30. The van der Waals surface area contributed by atoms with E-state index in [2.05, 4.69) is 21.4 Å². The van der Waals surface area contributed by atoms with Gasteiger partial charge in [0.05, 0.1) is 10.0 Å². The number of rotatable bonds is 1. The number of carbonyl (C=O) groups is 3. The number of aromatic carboxylic acids is 1. The Morgan fingerprint density at radius 3 is 1.77 bits per heavy atom. The van der Waals surface area contributed by atoms with Gasteiger partial charge in [-0.05, 0) is 38.1 Å². The molecular formula is C20H20Cl4O10S. The first kappa shape index (κ1) is 32.6. The molecule has 0 unspecified atom stereocenters. The zero-order chi connectivity index (χ0) is 27.7. The standard InChI is InChI=1S/C10H9ClO4.C7H5ClO4.C3H6O.Cl2OS/c1-10(2)14-6-4-3-5(11)8(12)7(6)9(13)15-10;8-3-1-2-4(9)5(6(3)10)7(11)12;1-3(2)4;1-4(2)3/h3-4,12H,1-2H3;1-2,9-10H,(H,11,12);1-2H3;. The molecule has 10 nitrogen and oxygen atoms in total. The zero-order valence-corrected chi connectivity index (χ0v) is 22.3. The number of Topliss-reactive ketones (excluding diaryl/α,β-unsaturated/α-hetero) is 1. The van der Waals surface area contributed by atoms with Gasteiger partial charge in [-0.25, -0.2) is 13.8 Å². The van der Waals surface area contributed by atoms with Gasteiger partial charge in [-0.1, -0.05) is 23.2 Å². The van der Waals surface area contributed by atoms with Crippen molar-refractivity contribution >= 4 is 71.5 Å².